The number of nitrogens with two attached hydrogens (primary N) is 1. The molecule has 0 saturated carbocycles. The Hall–Kier alpha value is -0.840. The van der Waals surface area contributed by atoms with Crippen LogP contribution < -0.4 is 10.5 Å². The first-order chi connectivity index (χ1) is 9.10. The molecule has 0 amide bonds. The van der Waals surface area contributed by atoms with Crippen molar-refractivity contribution in [3.8, 4) is 5.75 Å². The standard InChI is InChI=1S/C15H18BrNOS/c1-3-12-5-6-13(19-12)9-18-15-8-11(16)4-7-14(15)10(2)17/h4-8,10H,3,9,17H2,1-2H3/t10-/m1/s1. The van der Waals surface area contributed by atoms with Gasteiger partial charge in [0, 0.05) is 25.8 Å². The summed E-state index contributed by atoms with van der Waals surface area (Å²) >= 11 is 5.27. The molecular formula is C15H18BrNOS. The van der Waals surface area contributed by atoms with E-state index in [0.717, 1.165) is 22.2 Å². The minimum atomic E-state index is -0.0300. The molecule has 0 saturated heterocycles. The molecule has 1 atom stereocenters. The lowest BCUT2D eigenvalue weighted by Gasteiger charge is -2.14. The number of hydrogen-bond donors (Lipinski definition) is 1. The van der Waals surface area contributed by atoms with Crippen LogP contribution in [0.15, 0.2) is 34.8 Å². The zero-order valence-corrected chi connectivity index (χ0v) is 13.6. The Balaban J connectivity index is 2.12. The molecule has 2 nitrogen and oxygen atoms in total. The minimum absolute atomic E-state index is 0.0300. The summed E-state index contributed by atoms with van der Waals surface area (Å²) in [6.45, 7) is 4.73. The van der Waals surface area contributed by atoms with Gasteiger partial charge in [0.2, 0.25) is 0 Å². The molecule has 0 aliphatic carbocycles. The molecule has 0 bridgehead atoms. The van der Waals surface area contributed by atoms with E-state index in [2.05, 4.69) is 35.0 Å². The smallest absolute Gasteiger partial charge is 0.125 e. The fraction of sp³-hybridized carbons (Fsp3) is 0.333. The third kappa shape index (κ3) is 3.81. The predicted octanol–water partition coefficient (Wildman–Crippen LogP) is 4.67. The van der Waals surface area contributed by atoms with Crippen LogP contribution in [0.5, 0.6) is 5.75 Å². The zero-order valence-electron chi connectivity index (χ0n) is 11.2. The molecule has 1 aromatic carbocycles. The van der Waals surface area contributed by atoms with Gasteiger partial charge >= 0.3 is 0 Å². The number of thiophene rings is 1. The molecule has 2 rings (SSSR count). The largest absolute Gasteiger partial charge is 0.488 e. The van der Waals surface area contributed by atoms with Gasteiger partial charge in [-0.05, 0) is 37.6 Å². The van der Waals surface area contributed by atoms with Gasteiger partial charge in [-0.1, -0.05) is 28.9 Å². The van der Waals surface area contributed by atoms with E-state index in [0.29, 0.717) is 6.61 Å². The lowest BCUT2D eigenvalue weighted by Crippen LogP contribution is -2.07. The number of benzene rings is 1. The van der Waals surface area contributed by atoms with Crippen molar-refractivity contribution < 1.29 is 4.74 Å². The number of hydrogen-bond acceptors (Lipinski definition) is 3. The number of ether oxygens (including phenoxy) is 1. The highest BCUT2D eigenvalue weighted by atomic mass is 79.9. The Morgan fingerprint density at radius 1 is 1.26 bits per heavy atom. The van der Waals surface area contributed by atoms with Gasteiger partial charge in [-0.3, -0.25) is 0 Å². The molecule has 0 radical (unpaired) electrons. The summed E-state index contributed by atoms with van der Waals surface area (Å²) in [7, 11) is 0. The number of rotatable bonds is 5. The molecule has 0 aliphatic rings. The van der Waals surface area contributed by atoms with E-state index in [-0.39, 0.29) is 6.04 Å². The Morgan fingerprint density at radius 3 is 2.63 bits per heavy atom. The third-order valence-electron chi connectivity index (χ3n) is 2.90. The second-order valence-corrected chi connectivity index (χ2v) is 6.65. The van der Waals surface area contributed by atoms with Gasteiger partial charge in [0.15, 0.2) is 0 Å². The minimum Gasteiger partial charge on any atom is -0.488 e. The van der Waals surface area contributed by atoms with E-state index in [1.54, 1.807) is 11.3 Å². The molecular weight excluding hydrogens is 322 g/mol. The summed E-state index contributed by atoms with van der Waals surface area (Å²) in [6, 6.07) is 10.2. The van der Waals surface area contributed by atoms with E-state index in [1.165, 1.54) is 9.75 Å². The van der Waals surface area contributed by atoms with E-state index in [4.69, 9.17) is 10.5 Å². The number of aryl methyl sites for hydroxylation is 1. The molecule has 0 unspecified atom stereocenters. The molecule has 4 heteroatoms. The first-order valence-corrected chi connectivity index (χ1v) is 7.96. The molecule has 1 heterocycles. The molecule has 0 fully saturated rings. The van der Waals surface area contributed by atoms with Crippen molar-refractivity contribution in [2.45, 2.75) is 32.9 Å². The van der Waals surface area contributed by atoms with Crippen molar-refractivity contribution in [2.24, 2.45) is 5.73 Å². The van der Waals surface area contributed by atoms with Crippen LogP contribution in [0.2, 0.25) is 0 Å². The molecule has 19 heavy (non-hydrogen) atoms. The fourth-order valence-electron chi connectivity index (χ4n) is 1.85. The average molecular weight is 340 g/mol. The van der Waals surface area contributed by atoms with Crippen LogP contribution in [0.4, 0.5) is 0 Å². The summed E-state index contributed by atoms with van der Waals surface area (Å²) in [5.74, 6) is 0.857. The average Bonchev–Trinajstić information content (AvgIpc) is 2.84. The van der Waals surface area contributed by atoms with Gasteiger partial charge in [0.1, 0.15) is 12.4 Å². The van der Waals surface area contributed by atoms with Gasteiger partial charge in [0.05, 0.1) is 0 Å². The maximum Gasteiger partial charge on any atom is 0.125 e. The Labute approximate surface area is 126 Å². The first kappa shape index (κ1) is 14.6. The summed E-state index contributed by atoms with van der Waals surface area (Å²) in [6.07, 6.45) is 1.08. The molecule has 102 valence electrons. The van der Waals surface area contributed by atoms with Crippen LogP contribution in [0.3, 0.4) is 0 Å². The van der Waals surface area contributed by atoms with Gasteiger partial charge in [-0.2, -0.15) is 0 Å². The highest BCUT2D eigenvalue weighted by Crippen LogP contribution is 2.29. The van der Waals surface area contributed by atoms with Crippen LogP contribution in [-0.4, -0.2) is 0 Å². The monoisotopic (exact) mass is 339 g/mol. The van der Waals surface area contributed by atoms with Crippen molar-refractivity contribution in [1.29, 1.82) is 0 Å². The van der Waals surface area contributed by atoms with Crippen LogP contribution in [-0.2, 0) is 13.0 Å². The van der Waals surface area contributed by atoms with Crippen molar-refractivity contribution in [3.05, 3.63) is 50.1 Å². The van der Waals surface area contributed by atoms with E-state index in [9.17, 15) is 0 Å². The number of halogens is 1. The van der Waals surface area contributed by atoms with Crippen molar-refractivity contribution in [2.75, 3.05) is 0 Å². The lowest BCUT2D eigenvalue weighted by atomic mass is 10.1. The second-order valence-electron chi connectivity index (χ2n) is 4.48. The molecule has 2 aromatic rings. The van der Waals surface area contributed by atoms with Crippen LogP contribution >= 0.6 is 27.3 Å². The normalized spacial score (nSPS) is 12.4. The molecule has 2 N–H and O–H groups in total. The Kier molecular flexibility index (Phi) is 5.02. The lowest BCUT2D eigenvalue weighted by molar-refractivity contribution is 0.305. The van der Waals surface area contributed by atoms with Gasteiger partial charge in [0.25, 0.3) is 0 Å². The summed E-state index contributed by atoms with van der Waals surface area (Å²) in [5, 5.41) is 0. The van der Waals surface area contributed by atoms with Gasteiger partial charge in [-0.15, -0.1) is 11.3 Å². The van der Waals surface area contributed by atoms with Gasteiger partial charge < -0.3 is 10.5 Å². The summed E-state index contributed by atoms with van der Waals surface area (Å²) in [4.78, 5) is 2.63. The van der Waals surface area contributed by atoms with Crippen molar-refractivity contribution >= 4 is 27.3 Å². The van der Waals surface area contributed by atoms with E-state index >= 15 is 0 Å². The maximum absolute atomic E-state index is 5.97. The highest BCUT2D eigenvalue weighted by Gasteiger charge is 2.09. The molecule has 0 aliphatic heterocycles. The molecule has 1 aromatic heterocycles. The maximum atomic E-state index is 5.97. The highest BCUT2D eigenvalue weighted by molar-refractivity contribution is 9.10. The Bertz CT molecular complexity index is 551. The van der Waals surface area contributed by atoms with E-state index < -0.39 is 0 Å². The predicted molar refractivity (Wildman–Crippen MR) is 84.8 cm³/mol. The first-order valence-electron chi connectivity index (χ1n) is 6.35. The SMILES string of the molecule is CCc1ccc(COc2cc(Br)ccc2[C@@H](C)N)s1. The second kappa shape index (κ2) is 6.55. The van der Waals surface area contributed by atoms with Crippen molar-refractivity contribution in [1.82, 2.24) is 0 Å². The topological polar surface area (TPSA) is 35.2 Å². The fourth-order valence-corrected chi connectivity index (χ4v) is 3.06. The molecule has 0 spiro atoms. The van der Waals surface area contributed by atoms with Gasteiger partial charge in [-0.25, -0.2) is 0 Å². The van der Waals surface area contributed by atoms with E-state index in [1.807, 2.05) is 25.1 Å². The summed E-state index contributed by atoms with van der Waals surface area (Å²) in [5.41, 5.74) is 7.00. The quantitative estimate of drug-likeness (QED) is 0.858. The van der Waals surface area contributed by atoms with Crippen molar-refractivity contribution in [3.63, 3.8) is 0 Å². The third-order valence-corrected chi connectivity index (χ3v) is 4.60. The Morgan fingerprint density at radius 2 is 2.00 bits per heavy atom. The van der Waals surface area contributed by atoms with Crippen LogP contribution in [0.25, 0.3) is 0 Å². The zero-order chi connectivity index (χ0) is 13.8. The van der Waals surface area contributed by atoms with Crippen LogP contribution in [0, 0.1) is 0 Å². The summed E-state index contributed by atoms with van der Waals surface area (Å²) < 4.78 is 6.93. The van der Waals surface area contributed by atoms with Crippen LogP contribution in [0.1, 0.15) is 35.2 Å².